The summed E-state index contributed by atoms with van der Waals surface area (Å²) in [7, 11) is 1.58. The van der Waals surface area contributed by atoms with Crippen LogP contribution in [-0.2, 0) is 0 Å². The molecule has 2 rings (SSSR count). The number of aliphatic hydroxyl groups excluding tert-OH is 1. The molecule has 22 heavy (non-hydrogen) atoms. The summed E-state index contributed by atoms with van der Waals surface area (Å²) in [5.74, 6) is -0.138. The molecule has 1 aliphatic heterocycles. The summed E-state index contributed by atoms with van der Waals surface area (Å²) in [4.78, 5) is 30.7. The zero-order chi connectivity index (χ0) is 16.7. The van der Waals surface area contributed by atoms with Crippen molar-refractivity contribution in [2.75, 3.05) is 18.5 Å². The van der Waals surface area contributed by atoms with Crippen LogP contribution in [0.4, 0.5) is 10.6 Å². The van der Waals surface area contributed by atoms with E-state index in [0.717, 1.165) is 4.90 Å². The number of carbonyl (C=O) groups excluding carboxylic acids is 2. The SMILES string of the molecule is CN1CC(O)N(c2cc(Cl)c(C(=O)NC(C)(C)C)cn2)C1=O. The van der Waals surface area contributed by atoms with E-state index in [1.807, 2.05) is 20.8 Å². The minimum absolute atomic E-state index is 0.168. The van der Waals surface area contributed by atoms with Crippen LogP contribution in [0.25, 0.3) is 0 Å². The summed E-state index contributed by atoms with van der Waals surface area (Å²) in [6.07, 6.45) is 0.312. The molecular weight excluding hydrogens is 308 g/mol. The quantitative estimate of drug-likeness (QED) is 0.861. The molecule has 1 fully saturated rings. The Morgan fingerprint density at radius 2 is 2.14 bits per heavy atom. The van der Waals surface area contributed by atoms with Crippen LogP contribution in [0.3, 0.4) is 0 Å². The van der Waals surface area contributed by atoms with Gasteiger partial charge in [-0.05, 0) is 20.8 Å². The van der Waals surface area contributed by atoms with Crippen LogP contribution in [0.15, 0.2) is 12.3 Å². The number of rotatable bonds is 2. The molecule has 1 atom stereocenters. The van der Waals surface area contributed by atoms with E-state index >= 15 is 0 Å². The minimum atomic E-state index is -0.990. The highest BCUT2D eigenvalue weighted by molar-refractivity contribution is 6.34. The largest absolute Gasteiger partial charge is 0.371 e. The number of aromatic nitrogens is 1. The number of pyridine rings is 1. The zero-order valence-electron chi connectivity index (χ0n) is 12.9. The van der Waals surface area contributed by atoms with E-state index in [-0.39, 0.29) is 34.9 Å². The third-order valence-electron chi connectivity index (χ3n) is 3.09. The van der Waals surface area contributed by atoms with E-state index in [1.54, 1.807) is 7.05 Å². The second-order valence-corrected chi connectivity index (χ2v) is 6.65. The molecule has 0 saturated carbocycles. The van der Waals surface area contributed by atoms with E-state index < -0.39 is 11.8 Å². The number of nitrogens with one attached hydrogen (secondary N) is 1. The molecule has 0 aromatic carbocycles. The van der Waals surface area contributed by atoms with E-state index in [4.69, 9.17) is 11.6 Å². The molecule has 1 unspecified atom stereocenters. The first-order valence-corrected chi connectivity index (χ1v) is 7.18. The molecule has 120 valence electrons. The number of nitrogens with zero attached hydrogens (tertiary/aromatic N) is 3. The topological polar surface area (TPSA) is 85.8 Å². The van der Waals surface area contributed by atoms with Gasteiger partial charge >= 0.3 is 6.03 Å². The Morgan fingerprint density at radius 3 is 2.59 bits per heavy atom. The summed E-state index contributed by atoms with van der Waals surface area (Å²) in [6, 6.07) is 1.03. The van der Waals surface area contributed by atoms with Crippen molar-refractivity contribution >= 4 is 29.4 Å². The smallest absolute Gasteiger partial charge is 0.327 e. The lowest BCUT2D eigenvalue weighted by atomic mass is 10.1. The highest BCUT2D eigenvalue weighted by atomic mass is 35.5. The average molecular weight is 327 g/mol. The molecule has 1 saturated heterocycles. The number of halogens is 1. The van der Waals surface area contributed by atoms with Crippen LogP contribution in [0.2, 0.25) is 5.02 Å². The average Bonchev–Trinajstić information content (AvgIpc) is 2.60. The van der Waals surface area contributed by atoms with Crippen LogP contribution in [0.1, 0.15) is 31.1 Å². The Balaban J connectivity index is 2.27. The standard InChI is InChI=1S/C14H19ClN4O3/c1-14(2,3)17-12(21)8-6-16-10(5-9(8)15)19-11(20)7-18(4)13(19)22/h5-6,11,20H,7H2,1-4H3,(H,17,21). The number of amides is 3. The molecule has 1 aliphatic rings. The van der Waals surface area contributed by atoms with E-state index in [2.05, 4.69) is 10.3 Å². The first kappa shape index (κ1) is 16.5. The first-order valence-electron chi connectivity index (χ1n) is 6.80. The fourth-order valence-corrected chi connectivity index (χ4v) is 2.33. The molecule has 0 radical (unpaired) electrons. The highest BCUT2D eigenvalue weighted by Gasteiger charge is 2.36. The van der Waals surface area contributed by atoms with Gasteiger partial charge in [0, 0.05) is 24.8 Å². The Hall–Kier alpha value is -1.86. The van der Waals surface area contributed by atoms with Gasteiger partial charge in [0.15, 0.2) is 6.23 Å². The Labute approximate surface area is 133 Å². The number of hydrogen-bond donors (Lipinski definition) is 2. The van der Waals surface area contributed by atoms with Crippen molar-refractivity contribution in [1.29, 1.82) is 0 Å². The van der Waals surface area contributed by atoms with E-state index in [0.29, 0.717) is 0 Å². The minimum Gasteiger partial charge on any atom is -0.371 e. The maximum absolute atomic E-state index is 12.1. The van der Waals surface area contributed by atoms with Crippen LogP contribution in [-0.4, -0.2) is 52.3 Å². The third-order valence-corrected chi connectivity index (χ3v) is 3.40. The number of likely N-dealkylation sites (N-methyl/N-ethyl adjacent to an activating group) is 1. The van der Waals surface area contributed by atoms with Gasteiger partial charge in [-0.25, -0.2) is 14.7 Å². The van der Waals surface area contributed by atoms with Crippen molar-refractivity contribution in [3.05, 3.63) is 22.8 Å². The molecule has 7 nitrogen and oxygen atoms in total. The van der Waals surface area contributed by atoms with Crippen molar-refractivity contribution < 1.29 is 14.7 Å². The summed E-state index contributed by atoms with van der Waals surface area (Å²) in [5, 5.41) is 12.9. The van der Waals surface area contributed by atoms with Gasteiger partial charge in [-0.3, -0.25) is 4.79 Å². The van der Waals surface area contributed by atoms with Crippen molar-refractivity contribution in [2.24, 2.45) is 0 Å². The molecule has 0 aliphatic carbocycles. The molecular formula is C14H19ClN4O3. The summed E-state index contributed by atoms with van der Waals surface area (Å²) in [6.45, 7) is 5.76. The lowest BCUT2D eigenvalue weighted by molar-refractivity contribution is 0.0919. The molecule has 8 heteroatoms. The number of hydrogen-bond acceptors (Lipinski definition) is 4. The van der Waals surface area contributed by atoms with Crippen LogP contribution >= 0.6 is 11.6 Å². The number of aliphatic hydroxyl groups is 1. The van der Waals surface area contributed by atoms with E-state index in [9.17, 15) is 14.7 Å². The van der Waals surface area contributed by atoms with Crippen molar-refractivity contribution in [1.82, 2.24) is 15.2 Å². The second-order valence-electron chi connectivity index (χ2n) is 6.24. The maximum Gasteiger partial charge on any atom is 0.327 e. The van der Waals surface area contributed by atoms with Gasteiger partial charge in [-0.15, -0.1) is 0 Å². The molecule has 0 spiro atoms. The summed E-state index contributed by atoms with van der Waals surface area (Å²) < 4.78 is 0. The predicted octanol–water partition coefficient (Wildman–Crippen LogP) is 1.45. The van der Waals surface area contributed by atoms with Crippen molar-refractivity contribution in [3.8, 4) is 0 Å². The first-order chi connectivity index (χ1) is 10.1. The number of urea groups is 1. The Bertz CT molecular complexity index is 615. The van der Waals surface area contributed by atoms with Gasteiger partial charge < -0.3 is 15.3 Å². The zero-order valence-corrected chi connectivity index (χ0v) is 13.7. The van der Waals surface area contributed by atoms with Crippen LogP contribution < -0.4 is 10.2 Å². The summed E-state index contributed by atoms with van der Waals surface area (Å²) in [5.41, 5.74) is -0.182. The van der Waals surface area contributed by atoms with Gasteiger partial charge in [0.05, 0.1) is 17.1 Å². The molecule has 2 heterocycles. The van der Waals surface area contributed by atoms with Crippen molar-refractivity contribution in [3.63, 3.8) is 0 Å². The number of anilines is 1. The van der Waals surface area contributed by atoms with Gasteiger partial charge in [0.25, 0.3) is 5.91 Å². The third kappa shape index (κ3) is 3.31. The highest BCUT2D eigenvalue weighted by Crippen LogP contribution is 2.26. The molecule has 0 bridgehead atoms. The fourth-order valence-electron chi connectivity index (χ4n) is 2.09. The lowest BCUT2D eigenvalue weighted by Crippen LogP contribution is -2.40. The predicted molar refractivity (Wildman–Crippen MR) is 83.0 cm³/mol. The normalized spacial score (nSPS) is 18.8. The van der Waals surface area contributed by atoms with Crippen molar-refractivity contribution in [2.45, 2.75) is 32.5 Å². The Morgan fingerprint density at radius 1 is 1.50 bits per heavy atom. The van der Waals surface area contributed by atoms with Gasteiger partial charge in [0.1, 0.15) is 5.82 Å². The Kier molecular flexibility index (Phi) is 4.30. The molecule has 1 aromatic heterocycles. The van der Waals surface area contributed by atoms with Crippen LogP contribution in [0.5, 0.6) is 0 Å². The lowest BCUT2D eigenvalue weighted by Gasteiger charge is -2.22. The fraction of sp³-hybridized carbons (Fsp3) is 0.500. The number of carbonyl (C=O) groups is 2. The molecule has 1 aromatic rings. The van der Waals surface area contributed by atoms with Gasteiger partial charge in [-0.2, -0.15) is 0 Å². The second kappa shape index (κ2) is 5.73. The van der Waals surface area contributed by atoms with Crippen LogP contribution in [0, 0.1) is 0 Å². The van der Waals surface area contributed by atoms with E-state index in [1.165, 1.54) is 17.2 Å². The number of β-amino-alcohol motifs (C(OH)–C–C–N with tert-alkyl or cyclic N) is 1. The summed E-state index contributed by atoms with van der Waals surface area (Å²) >= 11 is 6.13. The maximum atomic E-state index is 12.1. The van der Waals surface area contributed by atoms with Gasteiger partial charge in [-0.1, -0.05) is 11.6 Å². The molecule has 2 N–H and O–H groups in total. The molecule has 3 amide bonds. The van der Waals surface area contributed by atoms with Gasteiger partial charge in [0.2, 0.25) is 0 Å². The monoisotopic (exact) mass is 326 g/mol.